The first-order valence-corrected chi connectivity index (χ1v) is 4.98. The van der Waals surface area contributed by atoms with E-state index in [1.807, 2.05) is 0 Å². The molecule has 0 aliphatic rings. The highest BCUT2D eigenvalue weighted by molar-refractivity contribution is 5.94. The molecule has 5 nitrogen and oxygen atoms in total. The second-order valence-corrected chi connectivity index (χ2v) is 4.00. The van der Waals surface area contributed by atoms with Crippen LogP contribution in [0.3, 0.4) is 0 Å². The van der Waals surface area contributed by atoms with Crippen molar-refractivity contribution < 1.29 is 15.0 Å². The van der Waals surface area contributed by atoms with E-state index in [2.05, 4.69) is 10.3 Å². The number of amides is 1. The van der Waals surface area contributed by atoms with Gasteiger partial charge in [-0.05, 0) is 25.5 Å². The van der Waals surface area contributed by atoms with E-state index >= 15 is 0 Å². The molecule has 5 heteroatoms. The van der Waals surface area contributed by atoms with Crippen molar-refractivity contribution in [2.24, 2.45) is 0 Å². The van der Waals surface area contributed by atoms with Crippen LogP contribution in [0.25, 0.3) is 0 Å². The Morgan fingerprint density at radius 2 is 2.12 bits per heavy atom. The van der Waals surface area contributed by atoms with E-state index in [1.165, 1.54) is 6.20 Å². The summed E-state index contributed by atoms with van der Waals surface area (Å²) >= 11 is 0. The summed E-state index contributed by atoms with van der Waals surface area (Å²) in [7, 11) is 0. The fourth-order valence-electron chi connectivity index (χ4n) is 1.19. The normalized spacial score (nSPS) is 11.2. The second-order valence-electron chi connectivity index (χ2n) is 4.00. The molecular weight excluding hydrogens is 208 g/mol. The van der Waals surface area contributed by atoms with Gasteiger partial charge in [-0.1, -0.05) is 6.07 Å². The highest BCUT2D eigenvalue weighted by Gasteiger charge is 2.26. The van der Waals surface area contributed by atoms with E-state index in [1.54, 1.807) is 26.0 Å². The van der Waals surface area contributed by atoms with Crippen molar-refractivity contribution in [2.45, 2.75) is 19.4 Å². The zero-order valence-electron chi connectivity index (χ0n) is 9.40. The van der Waals surface area contributed by atoms with Crippen LogP contribution in [-0.2, 0) is 0 Å². The summed E-state index contributed by atoms with van der Waals surface area (Å²) in [6.45, 7) is 2.67. The van der Waals surface area contributed by atoms with Crippen molar-refractivity contribution >= 4 is 5.91 Å². The average molecular weight is 224 g/mol. The number of hydrogen-bond acceptors (Lipinski definition) is 4. The van der Waals surface area contributed by atoms with Crippen LogP contribution in [0.4, 0.5) is 0 Å². The Labute approximate surface area is 94.1 Å². The van der Waals surface area contributed by atoms with Gasteiger partial charge in [-0.25, -0.2) is 0 Å². The maximum absolute atomic E-state index is 11.8. The van der Waals surface area contributed by atoms with Crippen LogP contribution >= 0.6 is 0 Å². The quantitative estimate of drug-likeness (QED) is 0.665. The Bertz CT molecular complexity index is 375. The Balaban J connectivity index is 2.84. The molecule has 0 bridgehead atoms. The van der Waals surface area contributed by atoms with E-state index in [0.29, 0.717) is 5.69 Å². The van der Waals surface area contributed by atoms with Gasteiger partial charge in [-0.3, -0.25) is 9.78 Å². The fraction of sp³-hybridized carbons (Fsp3) is 0.455. The van der Waals surface area contributed by atoms with E-state index in [-0.39, 0.29) is 13.2 Å². The minimum absolute atomic E-state index is 0.302. The van der Waals surface area contributed by atoms with Gasteiger partial charge in [0.1, 0.15) is 5.69 Å². The fourth-order valence-corrected chi connectivity index (χ4v) is 1.19. The highest BCUT2D eigenvalue weighted by Crippen LogP contribution is 2.07. The van der Waals surface area contributed by atoms with Crippen LogP contribution < -0.4 is 5.32 Å². The minimum atomic E-state index is -1.03. The average Bonchev–Trinajstić information content (AvgIpc) is 2.29. The zero-order valence-corrected chi connectivity index (χ0v) is 9.40. The summed E-state index contributed by atoms with van der Waals surface area (Å²) in [5.41, 5.74) is 0.0231. The summed E-state index contributed by atoms with van der Waals surface area (Å²) in [5.74, 6) is -0.399. The lowest BCUT2D eigenvalue weighted by Gasteiger charge is -2.26. The van der Waals surface area contributed by atoms with Gasteiger partial charge in [0.25, 0.3) is 5.91 Å². The van der Waals surface area contributed by atoms with Crippen LogP contribution in [0.2, 0.25) is 0 Å². The van der Waals surface area contributed by atoms with Crippen LogP contribution in [0.15, 0.2) is 18.3 Å². The molecule has 1 rings (SSSR count). The van der Waals surface area contributed by atoms with Gasteiger partial charge < -0.3 is 15.5 Å². The molecule has 0 atom stereocenters. The Kier molecular flexibility index (Phi) is 3.98. The van der Waals surface area contributed by atoms with Gasteiger partial charge >= 0.3 is 0 Å². The number of aliphatic hydroxyl groups is 2. The van der Waals surface area contributed by atoms with E-state index in [0.717, 1.165) is 5.56 Å². The van der Waals surface area contributed by atoms with Gasteiger partial charge in [-0.15, -0.1) is 0 Å². The number of nitrogens with zero attached hydrogens (tertiary/aromatic N) is 1. The molecule has 0 saturated carbocycles. The van der Waals surface area contributed by atoms with Crippen molar-refractivity contribution in [3.63, 3.8) is 0 Å². The number of rotatable bonds is 4. The summed E-state index contributed by atoms with van der Waals surface area (Å²) in [5, 5.41) is 20.7. The maximum atomic E-state index is 11.8. The standard InChI is InChI=1S/C11H16N2O3/c1-8-4-3-5-12-9(8)10(16)13-11(2,6-14)7-15/h3-5,14-15H,6-7H2,1-2H3,(H,13,16). The molecule has 0 saturated heterocycles. The minimum Gasteiger partial charge on any atom is -0.394 e. The Hall–Kier alpha value is -1.46. The lowest BCUT2D eigenvalue weighted by Crippen LogP contribution is -2.52. The first-order valence-electron chi connectivity index (χ1n) is 4.98. The van der Waals surface area contributed by atoms with Crippen molar-refractivity contribution in [3.05, 3.63) is 29.6 Å². The topological polar surface area (TPSA) is 82.5 Å². The van der Waals surface area contributed by atoms with Crippen LogP contribution in [-0.4, -0.2) is 39.9 Å². The molecule has 88 valence electrons. The van der Waals surface area contributed by atoms with Gasteiger partial charge in [0.15, 0.2) is 0 Å². The zero-order chi connectivity index (χ0) is 12.2. The third-order valence-corrected chi connectivity index (χ3v) is 2.34. The highest BCUT2D eigenvalue weighted by atomic mass is 16.3. The number of aryl methyl sites for hydroxylation is 1. The molecule has 1 aromatic heterocycles. The van der Waals surface area contributed by atoms with Crippen molar-refractivity contribution in [1.82, 2.24) is 10.3 Å². The first-order chi connectivity index (χ1) is 7.52. The van der Waals surface area contributed by atoms with Gasteiger partial charge in [0, 0.05) is 6.20 Å². The number of carbonyl (C=O) groups excluding carboxylic acids is 1. The van der Waals surface area contributed by atoms with Gasteiger partial charge in [0.05, 0.1) is 18.8 Å². The lowest BCUT2D eigenvalue weighted by molar-refractivity contribution is 0.0719. The molecule has 0 fully saturated rings. The Morgan fingerprint density at radius 3 is 2.62 bits per heavy atom. The SMILES string of the molecule is Cc1cccnc1C(=O)NC(C)(CO)CO. The van der Waals surface area contributed by atoms with E-state index < -0.39 is 11.4 Å². The summed E-state index contributed by atoms with van der Waals surface area (Å²) in [6, 6.07) is 3.51. The molecule has 3 N–H and O–H groups in total. The molecule has 16 heavy (non-hydrogen) atoms. The summed E-state index contributed by atoms with van der Waals surface area (Å²) in [6.07, 6.45) is 1.52. The molecule has 1 amide bonds. The molecule has 1 aromatic rings. The van der Waals surface area contributed by atoms with Crippen molar-refractivity contribution in [1.29, 1.82) is 0 Å². The van der Waals surface area contributed by atoms with Crippen molar-refractivity contribution in [3.8, 4) is 0 Å². The third-order valence-electron chi connectivity index (χ3n) is 2.34. The first kappa shape index (κ1) is 12.6. The smallest absolute Gasteiger partial charge is 0.270 e. The van der Waals surface area contributed by atoms with E-state index in [4.69, 9.17) is 10.2 Å². The number of carbonyl (C=O) groups is 1. The van der Waals surface area contributed by atoms with Gasteiger partial charge in [-0.2, -0.15) is 0 Å². The number of pyridine rings is 1. The summed E-state index contributed by atoms with van der Waals surface area (Å²) < 4.78 is 0. The molecule has 1 heterocycles. The van der Waals surface area contributed by atoms with Gasteiger partial charge in [0.2, 0.25) is 0 Å². The third kappa shape index (κ3) is 2.77. The predicted molar refractivity (Wildman–Crippen MR) is 59.0 cm³/mol. The number of aliphatic hydroxyl groups excluding tert-OH is 2. The molecule has 0 radical (unpaired) electrons. The van der Waals surface area contributed by atoms with E-state index in [9.17, 15) is 4.79 Å². The number of aromatic nitrogens is 1. The van der Waals surface area contributed by atoms with Crippen LogP contribution in [0, 0.1) is 6.92 Å². The second kappa shape index (κ2) is 5.05. The maximum Gasteiger partial charge on any atom is 0.270 e. The van der Waals surface area contributed by atoms with Crippen LogP contribution in [0.1, 0.15) is 23.0 Å². The summed E-state index contributed by atoms with van der Waals surface area (Å²) in [4.78, 5) is 15.8. The largest absolute Gasteiger partial charge is 0.394 e. The predicted octanol–water partition coefficient (Wildman–Crippen LogP) is -0.137. The van der Waals surface area contributed by atoms with Crippen molar-refractivity contribution in [2.75, 3.05) is 13.2 Å². The molecular formula is C11H16N2O3. The molecule has 0 spiro atoms. The molecule has 0 aliphatic carbocycles. The Morgan fingerprint density at radius 1 is 1.50 bits per heavy atom. The molecule has 0 unspecified atom stereocenters. The monoisotopic (exact) mass is 224 g/mol. The molecule has 0 aromatic carbocycles. The van der Waals surface area contributed by atoms with Crippen LogP contribution in [0.5, 0.6) is 0 Å². The molecule has 0 aliphatic heterocycles. The number of hydrogen-bond donors (Lipinski definition) is 3. The lowest BCUT2D eigenvalue weighted by atomic mass is 10.0. The number of nitrogens with one attached hydrogen (secondary N) is 1.